The normalized spacial score (nSPS) is 15.0. The van der Waals surface area contributed by atoms with Crippen LogP contribution in [0.1, 0.15) is 84.9 Å². The number of carbonyl (C=O) groups excluding carboxylic acids is 1. The third-order valence-electron chi connectivity index (χ3n) is 8.49. The molecule has 0 radical (unpaired) electrons. The Morgan fingerprint density at radius 3 is 2.33 bits per heavy atom. The number of anilines is 1. The van der Waals surface area contributed by atoms with Gasteiger partial charge in [0.25, 0.3) is 5.91 Å². The van der Waals surface area contributed by atoms with Gasteiger partial charge in [-0.25, -0.2) is 13.9 Å². The fraction of sp³-hybridized carbons (Fsp3) is 0.333. The van der Waals surface area contributed by atoms with Crippen LogP contribution >= 0.6 is 0 Å². The molecular weight excluding hydrogens is 688 g/mol. The highest BCUT2D eigenvalue weighted by atomic mass is 32.2. The number of rotatable bonds is 12. The summed E-state index contributed by atoms with van der Waals surface area (Å²) in [5.41, 5.74) is -1.56. The topological polar surface area (TPSA) is 155 Å². The van der Waals surface area contributed by atoms with Crippen LogP contribution in [0.4, 0.5) is 28.0 Å². The predicted molar refractivity (Wildman–Crippen MR) is 183 cm³/mol. The maximum absolute atomic E-state index is 15.5. The number of hydrogen-bond donors (Lipinski definition) is 4. The Morgan fingerprint density at radius 2 is 1.73 bits per heavy atom. The van der Waals surface area contributed by atoms with Crippen molar-refractivity contribution in [1.82, 2.24) is 19.8 Å². The molecule has 4 aromatic rings. The van der Waals surface area contributed by atoms with E-state index in [1.165, 1.54) is 36.4 Å². The second kappa shape index (κ2) is 14.7. The molecule has 3 aromatic carbocycles. The van der Waals surface area contributed by atoms with Gasteiger partial charge in [-0.3, -0.25) is 4.79 Å². The lowest BCUT2D eigenvalue weighted by Crippen LogP contribution is -2.52. The van der Waals surface area contributed by atoms with Crippen molar-refractivity contribution in [3.8, 4) is 11.8 Å². The first-order chi connectivity index (χ1) is 24.0. The molecule has 2 amide bonds. The largest absolute Gasteiger partial charge is 0.598 e. The van der Waals surface area contributed by atoms with Crippen LogP contribution < -0.4 is 15.4 Å². The first-order valence-electron chi connectivity index (χ1n) is 16.1. The molecule has 51 heavy (non-hydrogen) atoms. The van der Waals surface area contributed by atoms with Crippen LogP contribution in [0.5, 0.6) is 0 Å². The van der Waals surface area contributed by atoms with Gasteiger partial charge in [-0.1, -0.05) is 43.2 Å². The molecule has 0 bridgehead atoms. The Balaban J connectivity index is 1.58. The van der Waals surface area contributed by atoms with E-state index in [0.29, 0.717) is 40.7 Å². The minimum Gasteiger partial charge on any atom is -0.598 e. The first-order valence-corrected chi connectivity index (χ1v) is 17.2. The van der Waals surface area contributed by atoms with Crippen molar-refractivity contribution in [3.63, 3.8) is 0 Å². The monoisotopic (exact) mass is 724 g/mol. The van der Waals surface area contributed by atoms with Gasteiger partial charge in [0.1, 0.15) is 21.8 Å². The molecule has 268 valence electrons. The molecule has 1 saturated carbocycles. The summed E-state index contributed by atoms with van der Waals surface area (Å²) in [6.07, 6.45) is -3.01. The molecule has 4 N–H and O–H groups in total. The van der Waals surface area contributed by atoms with E-state index in [1.54, 1.807) is 45.0 Å². The number of nitriles is 1. The van der Waals surface area contributed by atoms with Crippen molar-refractivity contribution >= 4 is 29.0 Å². The molecule has 15 heteroatoms. The van der Waals surface area contributed by atoms with Crippen molar-refractivity contribution in [2.75, 3.05) is 5.32 Å². The predicted octanol–water partition coefficient (Wildman–Crippen LogP) is 7.41. The highest BCUT2D eigenvalue weighted by Gasteiger charge is 2.44. The van der Waals surface area contributed by atoms with Crippen LogP contribution in [0.2, 0.25) is 0 Å². The van der Waals surface area contributed by atoms with Crippen molar-refractivity contribution < 1.29 is 36.8 Å². The summed E-state index contributed by atoms with van der Waals surface area (Å²) in [4.78, 5) is 24.7. The van der Waals surface area contributed by atoms with Crippen molar-refractivity contribution in [3.05, 3.63) is 112 Å². The number of benzene rings is 3. The fourth-order valence-corrected chi connectivity index (χ4v) is 6.48. The standard InChI is InChI=1S/C36H36F4N6O4S/c1-34(2,3)51(50)45-35(16-15-22-7-8-22,25-11-9-23(20-41)10-12-25)26-13-14-28(37)29(18-26)43-32(47)30-19-31(36(38,39)40)44-46(30)27-6-4-5-24(17-27)21-42-33(48)49/h4-6,9-14,17-19,22,42,45H,7-8,15-16,21H2,1-3H3,(H,43,47)(H,48,49)/t35-,51-/m1/s1. The molecule has 5 rings (SSSR count). The van der Waals surface area contributed by atoms with E-state index in [-0.39, 0.29) is 17.9 Å². The van der Waals surface area contributed by atoms with Gasteiger partial charge in [0.2, 0.25) is 0 Å². The number of nitrogens with one attached hydrogen (secondary N) is 3. The summed E-state index contributed by atoms with van der Waals surface area (Å²) in [5, 5.41) is 26.6. The lowest BCUT2D eigenvalue weighted by molar-refractivity contribution is -0.141. The number of amides is 2. The summed E-state index contributed by atoms with van der Waals surface area (Å²) in [7, 11) is 0. The van der Waals surface area contributed by atoms with E-state index < -0.39 is 57.0 Å². The van der Waals surface area contributed by atoms with Gasteiger partial charge in [0, 0.05) is 24.0 Å². The highest BCUT2D eigenvalue weighted by molar-refractivity contribution is 7.90. The van der Waals surface area contributed by atoms with E-state index in [1.807, 2.05) is 0 Å². The minimum absolute atomic E-state index is 0.0309. The molecule has 1 aliphatic rings. The van der Waals surface area contributed by atoms with Gasteiger partial charge in [-0.2, -0.15) is 23.5 Å². The molecule has 0 aliphatic heterocycles. The smallest absolute Gasteiger partial charge is 0.435 e. The number of alkyl halides is 3. The molecule has 0 unspecified atom stereocenters. The second-order valence-electron chi connectivity index (χ2n) is 13.4. The first kappa shape index (κ1) is 37.3. The SMILES string of the molecule is CC(C)(C)[S@@+]([O-])N[C@](CCC1CC1)(c1ccc(C#N)cc1)c1ccc(F)c(NC(=O)c2cc(C(F)(F)F)nn2-c2cccc(CNC(=O)O)c2)c1. The number of carboxylic acid groups (broad SMARTS) is 1. The summed E-state index contributed by atoms with van der Waals surface area (Å²) in [6.45, 7) is 5.24. The minimum atomic E-state index is -4.93. The molecule has 0 saturated heterocycles. The molecule has 1 aromatic heterocycles. The van der Waals surface area contributed by atoms with Crippen LogP contribution in [0, 0.1) is 23.1 Å². The molecule has 1 aliphatic carbocycles. The van der Waals surface area contributed by atoms with Gasteiger partial charge in [0.05, 0.1) is 23.0 Å². The Morgan fingerprint density at radius 1 is 1.04 bits per heavy atom. The average Bonchev–Trinajstić information content (AvgIpc) is 3.80. The zero-order valence-corrected chi connectivity index (χ0v) is 28.8. The molecule has 2 atom stereocenters. The van der Waals surface area contributed by atoms with E-state index in [0.717, 1.165) is 30.0 Å². The van der Waals surface area contributed by atoms with Crippen LogP contribution in [0.25, 0.3) is 5.69 Å². The van der Waals surface area contributed by atoms with Crippen molar-refractivity contribution in [1.29, 1.82) is 5.26 Å². The average molecular weight is 725 g/mol. The van der Waals surface area contributed by atoms with Gasteiger partial charge < -0.3 is 20.3 Å². The summed E-state index contributed by atoms with van der Waals surface area (Å²) >= 11 is -1.65. The number of halogens is 4. The van der Waals surface area contributed by atoms with E-state index in [9.17, 15) is 32.6 Å². The molecule has 0 spiro atoms. The fourth-order valence-electron chi connectivity index (χ4n) is 5.52. The van der Waals surface area contributed by atoms with Gasteiger partial charge in [0.15, 0.2) is 5.69 Å². The summed E-state index contributed by atoms with van der Waals surface area (Å²) < 4.78 is 74.2. The lowest BCUT2D eigenvalue weighted by Gasteiger charge is -2.39. The van der Waals surface area contributed by atoms with Crippen molar-refractivity contribution in [2.24, 2.45) is 5.92 Å². The van der Waals surface area contributed by atoms with E-state index in [2.05, 4.69) is 26.5 Å². The Hall–Kier alpha value is -4.91. The Labute approximate surface area is 295 Å². The highest BCUT2D eigenvalue weighted by Crippen LogP contribution is 2.43. The lowest BCUT2D eigenvalue weighted by atomic mass is 9.79. The van der Waals surface area contributed by atoms with Crippen molar-refractivity contribution in [2.45, 2.75) is 69.5 Å². The second-order valence-corrected chi connectivity index (χ2v) is 15.3. The van der Waals surface area contributed by atoms with Crippen LogP contribution in [0.3, 0.4) is 0 Å². The maximum atomic E-state index is 15.5. The van der Waals surface area contributed by atoms with Crippen LogP contribution in [-0.2, 0) is 29.6 Å². The van der Waals surface area contributed by atoms with E-state index in [4.69, 9.17) is 5.11 Å². The van der Waals surface area contributed by atoms with Crippen LogP contribution in [0.15, 0.2) is 72.8 Å². The molecular formula is C36H36F4N6O4S. The molecule has 1 heterocycles. The number of aromatic nitrogens is 2. The maximum Gasteiger partial charge on any atom is 0.435 e. The summed E-state index contributed by atoms with van der Waals surface area (Å²) in [5.74, 6) is -1.53. The number of hydrogen-bond acceptors (Lipinski definition) is 6. The van der Waals surface area contributed by atoms with Crippen LogP contribution in [-0.4, -0.2) is 36.2 Å². The molecule has 10 nitrogen and oxygen atoms in total. The third-order valence-corrected chi connectivity index (χ3v) is 10.1. The van der Waals surface area contributed by atoms with Gasteiger partial charge in [-0.15, -0.1) is 4.72 Å². The Bertz CT molecular complexity index is 1950. The molecule has 1 fully saturated rings. The quantitative estimate of drug-likeness (QED) is 0.0876. The van der Waals surface area contributed by atoms with Gasteiger partial charge >= 0.3 is 12.3 Å². The Kier molecular flexibility index (Phi) is 10.8. The van der Waals surface area contributed by atoms with E-state index >= 15 is 4.39 Å². The number of carbonyl (C=O) groups is 2. The zero-order valence-electron chi connectivity index (χ0n) is 28.0. The summed E-state index contributed by atoms with van der Waals surface area (Å²) in [6, 6.07) is 19.1. The third kappa shape index (κ3) is 8.88. The zero-order chi connectivity index (χ0) is 37.1. The van der Waals surface area contributed by atoms with Gasteiger partial charge in [-0.05, 0) is 92.6 Å². The number of nitrogens with zero attached hydrogens (tertiary/aromatic N) is 3.